The van der Waals surface area contributed by atoms with Gasteiger partial charge in [-0.2, -0.15) is 0 Å². The van der Waals surface area contributed by atoms with Crippen LogP contribution in [-0.4, -0.2) is 0 Å². The number of rotatable bonds is 7. The Kier molecular flexibility index (Phi) is 6.12. The summed E-state index contributed by atoms with van der Waals surface area (Å²) in [6.07, 6.45) is 11.0. The molecule has 0 bridgehead atoms. The summed E-state index contributed by atoms with van der Waals surface area (Å²) in [7, 11) is 0. The van der Waals surface area contributed by atoms with Crippen molar-refractivity contribution in [3.8, 4) is 0 Å². The Hall–Kier alpha value is -0.780. The fourth-order valence-electron chi connectivity index (χ4n) is 4.76. The summed E-state index contributed by atoms with van der Waals surface area (Å²) < 4.78 is 0. The van der Waals surface area contributed by atoms with E-state index >= 15 is 0 Å². The minimum absolute atomic E-state index is 0.575. The average molecular weight is 301 g/mol. The number of benzene rings is 1. The van der Waals surface area contributed by atoms with E-state index in [1.807, 2.05) is 0 Å². The summed E-state index contributed by atoms with van der Waals surface area (Å²) in [4.78, 5) is 0. The zero-order chi connectivity index (χ0) is 16.2. The molecule has 1 aliphatic rings. The molecule has 0 saturated heterocycles. The maximum atomic E-state index is 2.48. The molecule has 0 nitrogen and oxygen atoms in total. The van der Waals surface area contributed by atoms with Gasteiger partial charge in [0.15, 0.2) is 0 Å². The van der Waals surface area contributed by atoms with Crippen molar-refractivity contribution in [2.75, 3.05) is 0 Å². The largest absolute Gasteiger partial charge is 0.0654 e. The standard InChI is InChI=1S/C22H36/c1-6-8-12-22(11-7-2)15-19(13-17(3)4)21-10-9-18(5)14-20(21)16-22/h9-10,14,17,19H,6-8,11-13,15-16H2,1-5H3. The highest BCUT2D eigenvalue weighted by molar-refractivity contribution is 5.37. The van der Waals surface area contributed by atoms with E-state index in [-0.39, 0.29) is 0 Å². The van der Waals surface area contributed by atoms with E-state index in [1.54, 1.807) is 11.1 Å². The molecule has 2 atom stereocenters. The molecule has 0 aliphatic heterocycles. The highest BCUT2D eigenvalue weighted by Gasteiger charge is 2.37. The van der Waals surface area contributed by atoms with E-state index < -0.39 is 0 Å². The highest BCUT2D eigenvalue weighted by Crippen LogP contribution is 2.50. The van der Waals surface area contributed by atoms with Crippen LogP contribution in [0.2, 0.25) is 0 Å². The van der Waals surface area contributed by atoms with E-state index in [2.05, 4.69) is 52.8 Å². The van der Waals surface area contributed by atoms with Crippen LogP contribution >= 0.6 is 0 Å². The van der Waals surface area contributed by atoms with Crippen LogP contribution in [-0.2, 0) is 6.42 Å². The van der Waals surface area contributed by atoms with E-state index in [0.29, 0.717) is 5.41 Å². The molecule has 0 saturated carbocycles. The van der Waals surface area contributed by atoms with Gasteiger partial charge in [0.2, 0.25) is 0 Å². The van der Waals surface area contributed by atoms with Gasteiger partial charge in [-0.25, -0.2) is 0 Å². The lowest BCUT2D eigenvalue weighted by Crippen LogP contribution is -2.32. The summed E-state index contributed by atoms with van der Waals surface area (Å²) in [5.74, 6) is 1.58. The van der Waals surface area contributed by atoms with Crippen molar-refractivity contribution in [2.45, 2.75) is 91.9 Å². The van der Waals surface area contributed by atoms with Crippen molar-refractivity contribution >= 4 is 0 Å². The van der Waals surface area contributed by atoms with Gasteiger partial charge >= 0.3 is 0 Å². The lowest BCUT2D eigenvalue weighted by molar-refractivity contribution is 0.168. The van der Waals surface area contributed by atoms with Crippen molar-refractivity contribution in [3.63, 3.8) is 0 Å². The summed E-state index contributed by atoms with van der Waals surface area (Å²) in [5, 5.41) is 0. The van der Waals surface area contributed by atoms with Gasteiger partial charge in [0.1, 0.15) is 0 Å². The van der Waals surface area contributed by atoms with Crippen LogP contribution in [0.25, 0.3) is 0 Å². The molecule has 0 heteroatoms. The number of hydrogen-bond donors (Lipinski definition) is 0. The van der Waals surface area contributed by atoms with Crippen molar-refractivity contribution in [1.82, 2.24) is 0 Å². The Labute approximate surface area is 138 Å². The van der Waals surface area contributed by atoms with Crippen LogP contribution in [0.5, 0.6) is 0 Å². The second-order valence-corrected chi connectivity index (χ2v) is 8.26. The van der Waals surface area contributed by atoms with Crippen molar-refractivity contribution in [2.24, 2.45) is 11.3 Å². The molecule has 0 radical (unpaired) electrons. The van der Waals surface area contributed by atoms with Crippen LogP contribution < -0.4 is 0 Å². The van der Waals surface area contributed by atoms with Gasteiger partial charge in [-0.05, 0) is 67.4 Å². The molecule has 1 aromatic carbocycles. The lowest BCUT2D eigenvalue weighted by atomic mass is 9.61. The van der Waals surface area contributed by atoms with Crippen LogP contribution in [0, 0.1) is 18.3 Å². The summed E-state index contributed by atoms with van der Waals surface area (Å²) >= 11 is 0. The van der Waals surface area contributed by atoms with Crippen LogP contribution in [0.15, 0.2) is 18.2 Å². The molecular weight excluding hydrogens is 264 g/mol. The fourth-order valence-corrected chi connectivity index (χ4v) is 4.76. The Balaban J connectivity index is 2.35. The second-order valence-electron chi connectivity index (χ2n) is 8.26. The highest BCUT2D eigenvalue weighted by atomic mass is 14.4. The summed E-state index contributed by atoms with van der Waals surface area (Å²) in [5.41, 5.74) is 5.35. The third-order valence-electron chi connectivity index (χ3n) is 5.58. The van der Waals surface area contributed by atoms with Gasteiger partial charge < -0.3 is 0 Å². The van der Waals surface area contributed by atoms with E-state index in [0.717, 1.165) is 11.8 Å². The molecule has 22 heavy (non-hydrogen) atoms. The van der Waals surface area contributed by atoms with Gasteiger partial charge in [-0.15, -0.1) is 0 Å². The Bertz CT molecular complexity index is 471. The topological polar surface area (TPSA) is 0 Å². The molecule has 0 spiro atoms. The third kappa shape index (κ3) is 4.15. The molecule has 0 fully saturated rings. The molecule has 0 amide bonds. The van der Waals surface area contributed by atoms with Crippen molar-refractivity contribution in [3.05, 3.63) is 34.9 Å². The lowest BCUT2D eigenvalue weighted by Gasteiger charge is -2.43. The number of aryl methyl sites for hydroxylation is 1. The Morgan fingerprint density at radius 1 is 1.14 bits per heavy atom. The molecule has 1 aromatic rings. The first kappa shape index (κ1) is 17.6. The maximum Gasteiger partial charge on any atom is -0.0151 e. The Morgan fingerprint density at radius 3 is 2.55 bits per heavy atom. The molecule has 0 aromatic heterocycles. The summed E-state index contributed by atoms with van der Waals surface area (Å²) in [6.45, 7) is 11.7. The molecule has 2 rings (SSSR count). The van der Waals surface area contributed by atoms with E-state index in [4.69, 9.17) is 0 Å². The van der Waals surface area contributed by atoms with Crippen LogP contribution in [0.4, 0.5) is 0 Å². The SMILES string of the molecule is CCCCC1(CCC)Cc2cc(C)ccc2C(CC(C)C)C1. The zero-order valence-electron chi connectivity index (χ0n) is 15.5. The minimum Gasteiger partial charge on any atom is -0.0654 e. The first-order chi connectivity index (χ1) is 10.5. The number of fused-ring (bicyclic) bond motifs is 1. The van der Waals surface area contributed by atoms with Gasteiger partial charge in [-0.1, -0.05) is 70.7 Å². The second kappa shape index (κ2) is 7.66. The Morgan fingerprint density at radius 2 is 1.91 bits per heavy atom. The van der Waals surface area contributed by atoms with Crippen LogP contribution in [0.3, 0.4) is 0 Å². The van der Waals surface area contributed by atoms with Crippen molar-refractivity contribution in [1.29, 1.82) is 0 Å². The van der Waals surface area contributed by atoms with Crippen LogP contribution in [0.1, 0.15) is 95.2 Å². The normalized spacial score (nSPS) is 24.5. The quantitative estimate of drug-likeness (QED) is 0.506. The predicted molar refractivity (Wildman–Crippen MR) is 98.6 cm³/mol. The third-order valence-corrected chi connectivity index (χ3v) is 5.58. The summed E-state index contributed by atoms with van der Waals surface area (Å²) in [6, 6.07) is 7.25. The molecule has 1 aliphatic carbocycles. The van der Waals surface area contributed by atoms with E-state index in [9.17, 15) is 0 Å². The first-order valence-electron chi connectivity index (χ1n) is 9.59. The number of unbranched alkanes of at least 4 members (excludes halogenated alkanes) is 1. The zero-order valence-corrected chi connectivity index (χ0v) is 15.5. The van der Waals surface area contributed by atoms with Gasteiger partial charge in [0, 0.05) is 0 Å². The fraction of sp³-hybridized carbons (Fsp3) is 0.727. The van der Waals surface area contributed by atoms with E-state index in [1.165, 1.54) is 56.9 Å². The molecule has 0 heterocycles. The van der Waals surface area contributed by atoms with Gasteiger partial charge in [0.25, 0.3) is 0 Å². The molecular formula is C22H36. The van der Waals surface area contributed by atoms with Gasteiger partial charge in [-0.3, -0.25) is 0 Å². The smallest absolute Gasteiger partial charge is 0.0151 e. The van der Waals surface area contributed by atoms with Gasteiger partial charge in [0.05, 0.1) is 0 Å². The molecule has 124 valence electrons. The minimum atomic E-state index is 0.575. The predicted octanol–water partition coefficient (Wildman–Crippen LogP) is 7.05. The first-order valence-corrected chi connectivity index (χ1v) is 9.59. The maximum absolute atomic E-state index is 2.48. The monoisotopic (exact) mass is 300 g/mol. The molecule has 0 N–H and O–H groups in total. The number of hydrogen-bond acceptors (Lipinski definition) is 0. The van der Waals surface area contributed by atoms with Crippen molar-refractivity contribution < 1.29 is 0 Å². The molecule has 2 unspecified atom stereocenters. The average Bonchev–Trinajstić information content (AvgIpc) is 2.44.